The van der Waals surface area contributed by atoms with Gasteiger partial charge in [0.15, 0.2) is 0 Å². The Balaban J connectivity index is 0.978. The zero-order valence-corrected chi connectivity index (χ0v) is 45.3. The molecule has 382 valence electrons. The van der Waals surface area contributed by atoms with Gasteiger partial charge in [-0.2, -0.15) is 0 Å². The molecular formula is C77H64N2. The maximum atomic E-state index is 2.50. The van der Waals surface area contributed by atoms with Crippen molar-refractivity contribution in [2.24, 2.45) is 0 Å². The van der Waals surface area contributed by atoms with Crippen LogP contribution in [0, 0.1) is 6.92 Å². The fraction of sp³-hybridized carbons (Fsp3) is 0.0909. The smallest absolute Gasteiger partial charge is 0.0538 e. The number of hydrogen-bond acceptors (Lipinski definition) is 2. The topological polar surface area (TPSA) is 6.48 Å². The Hall–Kier alpha value is -9.50. The molecule has 79 heavy (non-hydrogen) atoms. The highest BCUT2D eigenvalue weighted by Crippen LogP contribution is 2.47. The molecule has 1 atom stereocenters. The summed E-state index contributed by atoms with van der Waals surface area (Å²) in [5.74, 6) is 0.126. The van der Waals surface area contributed by atoms with E-state index in [-0.39, 0.29) is 5.92 Å². The van der Waals surface area contributed by atoms with Gasteiger partial charge in [0, 0.05) is 40.6 Å². The number of allylic oxidation sites excluding steroid dienone is 10. The molecule has 12 rings (SSSR count). The highest BCUT2D eigenvalue weighted by molar-refractivity contribution is 6.03. The van der Waals surface area contributed by atoms with Gasteiger partial charge in [-0.25, -0.2) is 0 Å². The molecule has 1 unspecified atom stereocenters. The zero-order chi connectivity index (χ0) is 53.5. The molecule has 2 aliphatic rings. The van der Waals surface area contributed by atoms with Gasteiger partial charge in [0.25, 0.3) is 0 Å². The van der Waals surface area contributed by atoms with E-state index in [1.165, 1.54) is 100 Å². The summed E-state index contributed by atoms with van der Waals surface area (Å²) in [5.41, 5.74) is 24.1. The third-order valence-electron chi connectivity index (χ3n) is 15.6. The number of anilines is 5. The van der Waals surface area contributed by atoms with Gasteiger partial charge in [-0.05, 0) is 181 Å². The molecule has 0 aromatic heterocycles. The van der Waals surface area contributed by atoms with E-state index in [0.29, 0.717) is 0 Å². The molecule has 10 aromatic rings. The summed E-state index contributed by atoms with van der Waals surface area (Å²) in [6.45, 7) is 7.52. The van der Waals surface area contributed by atoms with Crippen LogP contribution in [-0.2, 0) is 0 Å². The molecule has 0 saturated heterocycles. The molecule has 0 fully saturated rings. The summed E-state index contributed by atoms with van der Waals surface area (Å²) in [6, 6.07) is 84.7. The van der Waals surface area contributed by atoms with Crippen molar-refractivity contribution in [1.82, 2.24) is 0 Å². The van der Waals surface area contributed by atoms with Crippen LogP contribution in [0.15, 0.2) is 285 Å². The monoisotopic (exact) mass is 1020 g/mol. The van der Waals surface area contributed by atoms with Crippen LogP contribution in [0.4, 0.5) is 28.4 Å². The van der Waals surface area contributed by atoms with Crippen LogP contribution < -0.4 is 9.80 Å². The van der Waals surface area contributed by atoms with Gasteiger partial charge in [0.05, 0.1) is 5.69 Å². The molecule has 2 heteroatoms. The van der Waals surface area contributed by atoms with Crippen molar-refractivity contribution in [2.45, 2.75) is 39.5 Å². The van der Waals surface area contributed by atoms with E-state index in [1.807, 2.05) is 0 Å². The summed E-state index contributed by atoms with van der Waals surface area (Å²) in [4.78, 5) is 4.92. The van der Waals surface area contributed by atoms with Crippen molar-refractivity contribution >= 4 is 56.4 Å². The van der Waals surface area contributed by atoms with Gasteiger partial charge in [-0.15, -0.1) is 0 Å². The molecule has 2 nitrogen and oxygen atoms in total. The average molecular weight is 1020 g/mol. The third kappa shape index (κ3) is 10.7. The number of hydrogen-bond donors (Lipinski definition) is 0. The first-order chi connectivity index (χ1) is 39.0. The van der Waals surface area contributed by atoms with E-state index in [4.69, 9.17) is 0 Å². The maximum Gasteiger partial charge on any atom is 0.0538 e. The molecule has 10 aromatic carbocycles. The summed E-state index contributed by atoms with van der Waals surface area (Å²) < 4.78 is 0. The van der Waals surface area contributed by atoms with Crippen LogP contribution in [0.1, 0.15) is 60.4 Å². The fourth-order valence-electron chi connectivity index (χ4n) is 11.5. The third-order valence-corrected chi connectivity index (χ3v) is 15.6. The summed E-state index contributed by atoms with van der Waals surface area (Å²) in [7, 11) is 0. The molecule has 1 heterocycles. The molecule has 0 bridgehead atoms. The van der Waals surface area contributed by atoms with E-state index in [0.717, 1.165) is 42.0 Å². The van der Waals surface area contributed by atoms with Gasteiger partial charge >= 0.3 is 0 Å². The SMILES string of the molecule is CC/C=C\c1cccc(C2=CC=C(c3ccc(N(c4ccc(-c5cc(-c6ccccc6)cc(-c6ccccc6)c5)cc4)c4cccc(-c5cc6ccccc6c6c5C(C)/C=C\C=C/CN6c5ccccc5)c4)cc3)C=CC2)c1C. The van der Waals surface area contributed by atoms with Crippen molar-refractivity contribution in [2.75, 3.05) is 16.3 Å². The van der Waals surface area contributed by atoms with Crippen LogP contribution in [0.5, 0.6) is 0 Å². The Morgan fingerprint density at radius 3 is 1.80 bits per heavy atom. The van der Waals surface area contributed by atoms with E-state index in [2.05, 4.69) is 322 Å². The molecule has 0 saturated carbocycles. The first kappa shape index (κ1) is 50.3. The normalized spacial score (nSPS) is 15.1. The highest BCUT2D eigenvalue weighted by atomic mass is 15.1. The Labute approximate surface area is 467 Å². The lowest BCUT2D eigenvalue weighted by Crippen LogP contribution is -2.19. The van der Waals surface area contributed by atoms with Crippen molar-refractivity contribution in [1.29, 1.82) is 0 Å². The second kappa shape index (κ2) is 23.0. The molecular weight excluding hydrogens is 953 g/mol. The van der Waals surface area contributed by atoms with Gasteiger partial charge in [0.2, 0.25) is 0 Å². The lowest BCUT2D eigenvalue weighted by molar-refractivity contribution is 0.958. The van der Waals surface area contributed by atoms with Gasteiger partial charge in [-0.1, -0.05) is 232 Å². The average Bonchev–Trinajstić information content (AvgIpc) is 3.89. The second-order valence-corrected chi connectivity index (χ2v) is 20.7. The first-order valence-electron chi connectivity index (χ1n) is 27.9. The van der Waals surface area contributed by atoms with Crippen LogP contribution in [0.3, 0.4) is 0 Å². The minimum atomic E-state index is 0.126. The minimum absolute atomic E-state index is 0.126. The second-order valence-electron chi connectivity index (χ2n) is 20.7. The largest absolute Gasteiger partial charge is 0.337 e. The molecule has 0 amide bonds. The van der Waals surface area contributed by atoms with Crippen LogP contribution in [0.2, 0.25) is 0 Å². The number of nitrogens with zero attached hydrogens (tertiary/aromatic N) is 2. The number of benzene rings is 10. The van der Waals surface area contributed by atoms with E-state index < -0.39 is 0 Å². The molecule has 1 aliphatic carbocycles. The predicted molar refractivity (Wildman–Crippen MR) is 341 cm³/mol. The predicted octanol–water partition coefficient (Wildman–Crippen LogP) is 21.5. The van der Waals surface area contributed by atoms with E-state index in [9.17, 15) is 0 Å². The van der Waals surface area contributed by atoms with Gasteiger partial charge in [0.1, 0.15) is 0 Å². The highest BCUT2D eigenvalue weighted by Gasteiger charge is 2.25. The Morgan fingerprint density at radius 2 is 1.11 bits per heavy atom. The number of fused-ring (bicyclic) bond motifs is 3. The van der Waals surface area contributed by atoms with Crippen LogP contribution in [0.25, 0.3) is 72.5 Å². The van der Waals surface area contributed by atoms with Gasteiger partial charge < -0.3 is 9.80 Å². The van der Waals surface area contributed by atoms with Crippen molar-refractivity contribution in [3.63, 3.8) is 0 Å². The lowest BCUT2D eigenvalue weighted by Gasteiger charge is -2.31. The Kier molecular flexibility index (Phi) is 14.6. The lowest BCUT2D eigenvalue weighted by atomic mass is 9.86. The molecule has 0 radical (unpaired) electrons. The van der Waals surface area contributed by atoms with Gasteiger partial charge in [-0.3, -0.25) is 0 Å². The Morgan fingerprint density at radius 1 is 0.506 bits per heavy atom. The van der Waals surface area contributed by atoms with Crippen molar-refractivity contribution < 1.29 is 0 Å². The van der Waals surface area contributed by atoms with Crippen molar-refractivity contribution in [3.8, 4) is 44.5 Å². The first-order valence-corrected chi connectivity index (χ1v) is 27.9. The Bertz CT molecular complexity index is 3930. The number of rotatable bonds is 12. The summed E-state index contributed by atoms with van der Waals surface area (Å²) >= 11 is 0. The summed E-state index contributed by atoms with van der Waals surface area (Å²) in [6.07, 6.45) is 24.6. The maximum absolute atomic E-state index is 2.50. The molecule has 1 aliphatic heterocycles. The molecule has 0 N–H and O–H groups in total. The molecule has 0 spiro atoms. The van der Waals surface area contributed by atoms with Crippen LogP contribution >= 0.6 is 0 Å². The van der Waals surface area contributed by atoms with Crippen LogP contribution in [-0.4, -0.2) is 6.54 Å². The zero-order valence-electron chi connectivity index (χ0n) is 45.3. The fourth-order valence-corrected chi connectivity index (χ4v) is 11.5. The minimum Gasteiger partial charge on any atom is -0.337 e. The summed E-state index contributed by atoms with van der Waals surface area (Å²) in [5, 5.41) is 2.46. The quantitative estimate of drug-likeness (QED) is 0.120. The van der Waals surface area contributed by atoms with E-state index >= 15 is 0 Å². The van der Waals surface area contributed by atoms with Crippen molar-refractivity contribution in [3.05, 3.63) is 313 Å². The number of para-hydroxylation sites is 1. The van der Waals surface area contributed by atoms with E-state index in [1.54, 1.807) is 0 Å². The standard InChI is InChI=1S/C77H64N2/c1-4-5-24-57-30-22-38-73(56(57)3)63-32-20-31-60(39-40-63)61-41-45-70(46-42-61)79(71-47-43-62(44-48-71)68-51-66(58-25-11-6-12-26-58)50-67(52-68)59-27-13-7-14-28-59)72-36-21-33-64(53-72)75-54-65-29-17-18-37-74(65)77-76(75)55(2)23-10-9-19-49-78(77)69-34-15-8-16-35-69/h5-31,33-48,50-55H,4,32,49H2,1-3H3/b19-9-,23-10-,24-5-.